The number of benzene rings is 3. The monoisotopic (exact) mass is 934 g/mol. The molecule has 68 heavy (non-hydrogen) atoms. The highest BCUT2D eigenvalue weighted by molar-refractivity contribution is 6.03. The van der Waals surface area contributed by atoms with E-state index >= 15 is 0 Å². The van der Waals surface area contributed by atoms with Crippen LogP contribution in [0.15, 0.2) is 66.7 Å². The number of pyridine rings is 1. The smallest absolute Gasteiger partial charge is 0.296 e. The first-order valence-corrected chi connectivity index (χ1v) is 21.8. The molecule has 3 aromatic carbocycles. The summed E-state index contributed by atoms with van der Waals surface area (Å²) in [6.07, 6.45) is -0.192. The van der Waals surface area contributed by atoms with Gasteiger partial charge >= 0.3 is 0 Å². The van der Waals surface area contributed by atoms with Crippen molar-refractivity contribution < 1.29 is 38.4 Å². The number of carbonyl (C=O) groups excluding carboxylic acids is 5. The summed E-state index contributed by atoms with van der Waals surface area (Å²) < 4.78 is 12.1. The lowest BCUT2D eigenvalue weighted by Crippen LogP contribution is -2.56. The molecule has 21 heteroatoms. The number of nitrogen functional groups attached to an aromatic ring is 1. The Hall–Kier alpha value is -7.67. The third-order valence-corrected chi connectivity index (χ3v) is 11.1. The number of ether oxygens (including phenoxy) is 2. The summed E-state index contributed by atoms with van der Waals surface area (Å²) >= 11 is 0. The fraction of sp³-hybridized carbons (Fsp3) is 0.383. The standard InChI is InChI=1S/C47H58N12O9/c1-26-42(60)56-35(44(62)53-19-16-49)23-27-6-12-37(67-20-17-50)31(22-27)32-24-29(9-13-38(32)68-21-18-51)40(45(63)54-26)58(5)46(64)34(14-15-48)55-43(61)33-25-36(59(65)66)39(57-41(33)52)28-7-10-30(11-8-28)47(2,3)4/h6-13,22,24-26,34-35,40H,14-15,17-21,23,48,50-51H2,1-5H3,(H2,52,57)(H,53,62)(H,54,63)(H,55,61)(H,56,60)/t26-,34-,35-,40-/m0/s1. The van der Waals surface area contributed by atoms with E-state index in [1.807, 2.05) is 39.0 Å². The Morgan fingerprint density at radius 1 is 0.941 bits per heavy atom. The van der Waals surface area contributed by atoms with Crippen molar-refractivity contribution in [3.63, 3.8) is 0 Å². The van der Waals surface area contributed by atoms with Gasteiger partial charge in [-0.3, -0.25) is 34.1 Å². The van der Waals surface area contributed by atoms with Gasteiger partial charge in [-0.15, -0.1) is 0 Å². The maximum atomic E-state index is 14.7. The van der Waals surface area contributed by atoms with Gasteiger partial charge in [-0.1, -0.05) is 57.2 Å². The minimum atomic E-state index is -1.51. The second-order valence-corrected chi connectivity index (χ2v) is 17.1. The van der Waals surface area contributed by atoms with E-state index in [2.05, 4.69) is 26.3 Å². The second-order valence-electron chi connectivity index (χ2n) is 17.1. The van der Waals surface area contributed by atoms with Gasteiger partial charge in [-0.05, 0) is 66.3 Å². The molecule has 1 aliphatic heterocycles. The Morgan fingerprint density at radius 2 is 1.57 bits per heavy atom. The molecule has 5 amide bonds. The fourth-order valence-electron chi connectivity index (χ4n) is 7.54. The van der Waals surface area contributed by atoms with Crippen LogP contribution >= 0.6 is 0 Å². The van der Waals surface area contributed by atoms with Crippen LogP contribution in [-0.4, -0.2) is 109 Å². The number of nitriles is 1. The summed E-state index contributed by atoms with van der Waals surface area (Å²) in [6, 6.07) is 14.3. The highest BCUT2D eigenvalue weighted by Gasteiger charge is 2.37. The van der Waals surface area contributed by atoms with Gasteiger partial charge < -0.3 is 58.6 Å². The van der Waals surface area contributed by atoms with E-state index in [9.17, 15) is 34.1 Å². The van der Waals surface area contributed by atoms with Gasteiger partial charge in [-0.25, -0.2) is 4.98 Å². The van der Waals surface area contributed by atoms with Crippen LogP contribution in [0.1, 0.15) is 67.2 Å². The first-order valence-electron chi connectivity index (χ1n) is 21.8. The van der Waals surface area contributed by atoms with Gasteiger partial charge in [0, 0.05) is 49.3 Å². The van der Waals surface area contributed by atoms with E-state index < -0.39 is 64.3 Å². The number of amides is 5. The molecule has 12 N–H and O–H groups in total. The topological polar surface area (TPSA) is 339 Å². The molecule has 1 aromatic heterocycles. The summed E-state index contributed by atoms with van der Waals surface area (Å²) in [5.41, 5.74) is 25.7. The Kier molecular flexibility index (Phi) is 17.1. The molecule has 360 valence electrons. The van der Waals surface area contributed by atoms with Crippen molar-refractivity contribution in [1.82, 2.24) is 31.2 Å². The van der Waals surface area contributed by atoms with Crippen molar-refractivity contribution in [1.29, 1.82) is 5.26 Å². The first kappa shape index (κ1) is 51.3. The average molecular weight is 935 g/mol. The zero-order valence-corrected chi connectivity index (χ0v) is 38.6. The third-order valence-electron chi connectivity index (χ3n) is 11.1. The zero-order valence-electron chi connectivity index (χ0n) is 38.6. The van der Waals surface area contributed by atoms with Crippen LogP contribution in [0.3, 0.4) is 0 Å². The molecule has 21 nitrogen and oxygen atoms in total. The minimum Gasteiger partial charge on any atom is -0.492 e. The molecule has 0 saturated carbocycles. The molecule has 4 bridgehead atoms. The largest absolute Gasteiger partial charge is 0.492 e. The lowest BCUT2D eigenvalue weighted by molar-refractivity contribution is -0.384. The first-order chi connectivity index (χ1) is 32.3. The Bertz CT molecular complexity index is 2580. The molecular weight excluding hydrogens is 877 g/mol. The van der Waals surface area contributed by atoms with Crippen LogP contribution in [-0.2, 0) is 31.0 Å². The maximum absolute atomic E-state index is 14.7. The second kappa shape index (κ2) is 22.7. The predicted octanol–water partition coefficient (Wildman–Crippen LogP) is 1.71. The van der Waals surface area contributed by atoms with Crippen molar-refractivity contribution >= 4 is 41.0 Å². The van der Waals surface area contributed by atoms with Crippen LogP contribution in [0.25, 0.3) is 22.4 Å². The van der Waals surface area contributed by atoms with E-state index in [1.54, 1.807) is 48.5 Å². The number of fused-ring (bicyclic) bond motifs is 5. The molecule has 0 unspecified atom stereocenters. The normalized spacial score (nSPS) is 16.4. The number of rotatable bonds is 16. The molecule has 0 spiro atoms. The summed E-state index contributed by atoms with van der Waals surface area (Å²) in [6.45, 7) is 7.51. The van der Waals surface area contributed by atoms with Crippen LogP contribution in [0, 0.1) is 21.4 Å². The van der Waals surface area contributed by atoms with Crippen LogP contribution in [0.2, 0.25) is 0 Å². The van der Waals surface area contributed by atoms with Gasteiger partial charge in [-0.2, -0.15) is 5.26 Å². The SMILES string of the molecule is C[C@@H]1NC(=O)[C@@H](N(C)C(=O)[C@H](CCN)NC(=O)c2cc([N+](=O)[O-])c(-c3ccc(C(C)(C)C)cc3)nc2N)c2ccc(OCCN)c(c2)-c2cc(ccc2OCCN)C[C@@H](C(=O)NCC#N)NC1=O. The Labute approximate surface area is 393 Å². The number of nitrogens with two attached hydrogens (primary N) is 4. The Morgan fingerprint density at radius 3 is 2.16 bits per heavy atom. The molecular formula is C47H58N12O9. The van der Waals surface area contributed by atoms with Gasteiger partial charge in [0.1, 0.15) is 61.2 Å². The van der Waals surface area contributed by atoms with Gasteiger partial charge in [0.2, 0.25) is 23.6 Å². The van der Waals surface area contributed by atoms with Crippen molar-refractivity contribution in [3.05, 3.63) is 99.1 Å². The van der Waals surface area contributed by atoms with Crippen LogP contribution in [0.5, 0.6) is 11.5 Å². The summed E-state index contributed by atoms with van der Waals surface area (Å²) in [4.78, 5) is 87.4. The van der Waals surface area contributed by atoms with Crippen molar-refractivity contribution in [2.75, 3.05) is 52.2 Å². The highest BCUT2D eigenvalue weighted by Crippen LogP contribution is 2.40. The zero-order chi connectivity index (χ0) is 49.9. The number of hydrogen-bond donors (Lipinski definition) is 8. The molecule has 4 atom stereocenters. The molecule has 5 rings (SSSR count). The number of hydrogen-bond acceptors (Lipinski definition) is 15. The van der Waals surface area contributed by atoms with E-state index in [4.69, 9.17) is 37.7 Å². The number of nitrogens with zero attached hydrogens (tertiary/aromatic N) is 4. The number of nitro groups is 1. The number of nitrogens with one attached hydrogen (secondary N) is 4. The number of carbonyl (C=O) groups is 5. The van der Waals surface area contributed by atoms with Crippen molar-refractivity contribution in [2.45, 2.75) is 70.1 Å². The average Bonchev–Trinajstić information content (AvgIpc) is 3.30. The Balaban J connectivity index is 1.59. The van der Waals surface area contributed by atoms with Crippen molar-refractivity contribution in [3.8, 4) is 40.0 Å². The van der Waals surface area contributed by atoms with Crippen molar-refractivity contribution in [2.24, 2.45) is 17.2 Å². The van der Waals surface area contributed by atoms with E-state index in [1.165, 1.54) is 14.0 Å². The van der Waals surface area contributed by atoms with Gasteiger partial charge in [0.25, 0.3) is 11.6 Å². The van der Waals surface area contributed by atoms with Crippen LogP contribution in [0.4, 0.5) is 11.5 Å². The maximum Gasteiger partial charge on any atom is 0.296 e. The molecule has 4 aromatic rings. The van der Waals surface area contributed by atoms with E-state index in [-0.39, 0.29) is 80.3 Å². The molecule has 2 heterocycles. The molecule has 0 saturated heterocycles. The summed E-state index contributed by atoms with van der Waals surface area (Å²) in [5.74, 6) is -3.72. The van der Waals surface area contributed by atoms with Crippen LogP contribution < -0.4 is 53.7 Å². The summed E-state index contributed by atoms with van der Waals surface area (Å²) in [5, 5.41) is 31.9. The quantitative estimate of drug-likeness (QED) is 0.0450. The lowest BCUT2D eigenvalue weighted by Gasteiger charge is -2.32. The minimum absolute atomic E-state index is 0.0364. The summed E-state index contributed by atoms with van der Waals surface area (Å²) in [7, 11) is 1.32. The lowest BCUT2D eigenvalue weighted by atomic mass is 9.86. The van der Waals surface area contributed by atoms with E-state index in [0.717, 1.165) is 16.5 Å². The molecule has 0 radical (unpaired) electrons. The number of aromatic nitrogens is 1. The molecule has 0 fully saturated rings. The van der Waals surface area contributed by atoms with Gasteiger partial charge in [0.05, 0.1) is 16.6 Å². The highest BCUT2D eigenvalue weighted by atomic mass is 16.6. The fourth-order valence-corrected chi connectivity index (χ4v) is 7.54. The number of anilines is 1. The van der Waals surface area contributed by atoms with E-state index in [0.29, 0.717) is 33.8 Å². The predicted molar refractivity (Wildman–Crippen MR) is 253 cm³/mol. The van der Waals surface area contributed by atoms with Gasteiger partial charge in [0.15, 0.2) is 5.69 Å². The number of likely N-dealkylation sites (N-methyl/N-ethyl adjacent to an activating group) is 1. The molecule has 1 aliphatic rings. The molecule has 0 aliphatic carbocycles. The third kappa shape index (κ3) is 12.2.